The molecule has 0 aliphatic rings. The maximum absolute atomic E-state index is 6.12. The zero-order chi connectivity index (χ0) is 20.8. The molecule has 0 spiro atoms. The van der Waals surface area contributed by atoms with E-state index in [2.05, 4.69) is 4.98 Å². The van der Waals surface area contributed by atoms with E-state index in [0.717, 1.165) is 27.5 Å². The molecule has 0 aliphatic carbocycles. The van der Waals surface area contributed by atoms with Gasteiger partial charge in [0.15, 0.2) is 22.8 Å². The van der Waals surface area contributed by atoms with Crippen molar-refractivity contribution in [2.45, 2.75) is 0 Å². The Labute approximate surface area is 176 Å². The molecule has 3 aromatic heterocycles. The number of imidazole rings is 1. The van der Waals surface area contributed by atoms with Gasteiger partial charge in [-0.25, -0.2) is 9.97 Å². The molecular formula is C22H17ClN4O3. The molecule has 0 aliphatic heterocycles. The minimum absolute atomic E-state index is 0.495. The number of methoxy groups -OCH3 is 3. The zero-order valence-electron chi connectivity index (χ0n) is 16.5. The third kappa shape index (κ3) is 2.63. The van der Waals surface area contributed by atoms with Gasteiger partial charge in [0.05, 0.1) is 38.6 Å². The van der Waals surface area contributed by atoms with Crippen molar-refractivity contribution in [3.8, 4) is 28.5 Å². The molecule has 0 saturated carbocycles. The highest BCUT2D eigenvalue weighted by Gasteiger charge is 2.24. The van der Waals surface area contributed by atoms with Gasteiger partial charge in [-0.3, -0.25) is 9.38 Å². The first-order valence-electron chi connectivity index (χ1n) is 9.16. The molecule has 5 aromatic rings. The SMILES string of the molecule is COc1cc2c(c(-c3ccc(Cl)cc3)nc3c2nc2cnccn23)c(OC)c1OC. The van der Waals surface area contributed by atoms with Crippen LogP contribution in [0, 0.1) is 0 Å². The van der Waals surface area contributed by atoms with E-state index < -0.39 is 0 Å². The summed E-state index contributed by atoms with van der Waals surface area (Å²) in [7, 11) is 4.77. The van der Waals surface area contributed by atoms with Crippen LogP contribution < -0.4 is 14.2 Å². The van der Waals surface area contributed by atoms with Gasteiger partial charge in [0, 0.05) is 28.4 Å². The van der Waals surface area contributed by atoms with Gasteiger partial charge in [-0.2, -0.15) is 0 Å². The number of halogens is 1. The molecule has 0 atom stereocenters. The molecule has 0 saturated heterocycles. The number of ether oxygens (including phenoxy) is 3. The van der Waals surface area contributed by atoms with Crippen LogP contribution in [0.5, 0.6) is 17.2 Å². The van der Waals surface area contributed by atoms with Gasteiger partial charge in [-0.15, -0.1) is 0 Å². The van der Waals surface area contributed by atoms with E-state index in [-0.39, 0.29) is 0 Å². The molecule has 0 fully saturated rings. The van der Waals surface area contributed by atoms with Gasteiger partial charge in [0.2, 0.25) is 5.75 Å². The van der Waals surface area contributed by atoms with Gasteiger partial charge in [0.25, 0.3) is 0 Å². The predicted molar refractivity (Wildman–Crippen MR) is 116 cm³/mol. The van der Waals surface area contributed by atoms with Crippen LogP contribution in [0.15, 0.2) is 48.9 Å². The van der Waals surface area contributed by atoms with E-state index in [1.807, 2.05) is 40.9 Å². The van der Waals surface area contributed by atoms with Gasteiger partial charge < -0.3 is 14.2 Å². The van der Waals surface area contributed by atoms with Crippen molar-refractivity contribution in [1.82, 2.24) is 19.4 Å². The number of hydrogen-bond acceptors (Lipinski definition) is 6. The molecule has 0 unspecified atom stereocenters. The molecule has 3 heterocycles. The lowest BCUT2D eigenvalue weighted by Gasteiger charge is -2.17. The number of hydrogen-bond donors (Lipinski definition) is 0. The minimum Gasteiger partial charge on any atom is -0.493 e. The van der Waals surface area contributed by atoms with E-state index in [1.54, 1.807) is 33.7 Å². The summed E-state index contributed by atoms with van der Waals surface area (Å²) >= 11 is 6.12. The average Bonchev–Trinajstić information content (AvgIpc) is 3.16. The lowest BCUT2D eigenvalue weighted by molar-refractivity contribution is 0.327. The monoisotopic (exact) mass is 420 g/mol. The Morgan fingerprint density at radius 3 is 2.40 bits per heavy atom. The molecule has 2 aromatic carbocycles. The van der Waals surface area contributed by atoms with Gasteiger partial charge in [0.1, 0.15) is 5.52 Å². The van der Waals surface area contributed by atoms with E-state index in [4.69, 9.17) is 35.8 Å². The van der Waals surface area contributed by atoms with Crippen molar-refractivity contribution in [1.29, 1.82) is 0 Å². The first-order chi connectivity index (χ1) is 14.7. The van der Waals surface area contributed by atoms with Crippen molar-refractivity contribution < 1.29 is 14.2 Å². The predicted octanol–water partition coefficient (Wildman–Crippen LogP) is 4.78. The number of benzene rings is 2. The maximum atomic E-state index is 6.12. The zero-order valence-corrected chi connectivity index (χ0v) is 17.3. The van der Waals surface area contributed by atoms with Crippen LogP contribution in [0.1, 0.15) is 0 Å². The second-order valence-electron chi connectivity index (χ2n) is 6.62. The highest BCUT2D eigenvalue weighted by Crippen LogP contribution is 2.48. The Kier molecular flexibility index (Phi) is 4.33. The largest absolute Gasteiger partial charge is 0.493 e. The molecule has 7 nitrogen and oxygen atoms in total. The van der Waals surface area contributed by atoms with Crippen LogP contribution in [0.3, 0.4) is 0 Å². The quantitative estimate of drug-likeness (QED) is 0.417. The molecule has 30 heavy (non-hydrogen) atoms. The Morgan fingerprint density at radius 1 is 0.933 bits per heavy atom. The second kappa shape index (κ2) is 7.03. The highest BCUT2D eigenvalue weighted by atomic mass is 35.5. The van der Waals surface area contributed by atoms with Crippen LogP contribution in [-0.4, -0.2) is 40.7 Å². The number of aromatic nitrogens is 4. The van der Waals surface area contributed by atoms with E-state index in [9.17, 15) is 0 Å². The smallest absolute Gasteiger partial charge is 0.204 e. The van der Waals surface area contributed by atoms with Crippen LogP contribution >= 0.6 is 11.6 Å². The van der Waals surface area contributed by atoms with Crippen molar-refractivity contribution >= 4 is 39.2 Å². The Morgan fingerprint density at radius 2 is 1.70 bits per heavy atom. The van der Waals surface area contributed by atoms with E-state index >= 15 is 0 Å². The first-order valence-corrected chi connectivity index (χ1v) is 9.54. The summed E-state index contributed by atoms with van der Waals surface area (Å²) in [6, 6.07) is 9.42. The summed E-state index contributed by atoms with van der Waals surface area (Å²) in [5.74, 6) is 1.57. The summed E-state index contributed by atoms with van der Waals surface area (Å²) in [4.78, 5) is 13.9. The molecule has 5 rings (SSSR count). The lowest BCUT2D eigenvalue weighted by Crippen LogP contribution is -1.99. The summed E-state index contributed by atoms with van der Waals surface area (Å²) in [5.41, 5.74) is 3.74. The van der Waals surface area contributed by atoms with Crippen molar-refractivity contribution in [2.75, 3.05) is 21.3 Å². The third-order valence-corrected chi connectivity index (χ3v) is 5.31. The number of nitrogens with zero attached hydrogens (tertiary/aromatic N) is 4. The van der Waals surface area contributed by atoms with Crippen molar-refractivity contribution in [2.24, 2.45) is 0 Å². The normalized spacial score (nSPS) is 11.3. The maximum Gasteiger partial charge on any atom is 0.204 e. The molecular weight excluding hydrogens is 404 g/mol. The first kappa shape index (κ1) is 18.4. The molecule has 8 heteroatoms. The van der Waals surface area contributed by atoms with Gasteiger partial charge >= 0.3 is 0 Å². The summed E-state index contributed by atoms with van der Waals surface area (Å²) < 4.78 is 18.9. The summed E-state index contributed by atoms with van der Waals surface area (Å²) in [6.45, 7) is 0. The molecule has 0 amide bonds. The molecule has 0 N–H and O–H groups in total. The van der Waals surface area contributed by atoms with Crippen LogP contribution in [0.2, 0.25) is 5.02 Å². The number of rotatable bonds is 4. The fourth-order valence-electron chi connectivity index (χ4n) is 3.74. The van der Waals surface area contributed by atoms with Crippen LogP contribution in [0.25, 0.3) is 38.8 Å². The molecule has 150 valence electrons. The minimum atomic E-state index is 0.495. The van der Waals surface area contributed by atoms with Gasteiger partial charge in [-0.05, 0) is 18.2 Å². The highest BCUT2D eigenvalue weighted by molar-refractivity contribution is 6.30. The molecule has 0 bridgehead atoms. The van der Waals surface area contributed by atoms with Crippen LogP contribution in [0.4, 0.5) is 0 Å². The lowest BCUT2D eigenvalue weighted by atomic mass is 10.0. The fourth-order valence-corrected chi connectivity index (χ4v) is 3.86. The standard InChI is InChI=1S/C22H17ClN4O3/c1-28-15-10-14-17(21(30-3)20(15)29-2)18(12-4-6-13(23)7-5-12)26-22-19(14)25-16-11-24-8-9-27(16)22/h4-11H,1-3H3. The number of fused-ring (bicyclic) bond motifs is 5. The van der Waals surface area contributed by atoms with Gasteiger partial charge in [-0.1, -0.05) is 23.7 Å². The van der Waals surface area contributed by atoms with Crippen LogP contribution in [-0.2, 0) is 0 Å². The Hall–Kier alpha value is -3.58. The summed E-state index contributed by atoms with van der Waals surface area (Å²) in [5, 5.41) is 2.26. The number of pyridine rings is 1. The van der Waals surface area contributed by atoms with E-state index in [0.29, 0.717) is 33.6 Å². The van der Waals surface area contributed by atoms with Crippen molar-refractivity contribution in [3.05, 3.63) is 53.9 Å². The Balaban J connectivity index is 2.04. The van der Waals surface area contributed by atoms with Crippen molar-refractivity contribution in [3.63, 3.8) is 0 Å². The Bertz CT molecular complexity index is 1410. The third-order valence-electron chi connectivity index (χ3n) is 5.06. The molecule has 0 radical (unpaired) electrons. The average molecular weight is 421 g/mol. The summed E-state index contributed by atoms with van der Waals surface area (Å²) in [6.07, 6.45) is 5.25. The topological polar surface area (TPSA) is 70.8 Å². The second-order valence-corrected chi connectivity index (χ2v) is 7.06. The fraction of sp³-hybridized carbons (Fsp3) is 0.136. The van der Waals surface area contributed by atoms with E-state index in [1.165, 1.54) is 0 Å².